The summed E-state index contributed by atoms with van der Waals surface area (Å²) in [5.41, 5.74) is 7.06. The molecule has 0 N–H and O–H groups in total. The van der Waals surface area contributed by atoms with Crippen molar-refractivity contribution >= 4 is 11.4 Å². The van der Waals surface area contributed by atoms with E-state index in [0.29, 0.717) is 18.0 Å². The lowest BCUT2D eigenvalue weighted by Gasteiger charge is -2.36. The largest absolute Gasteiger partial charge is 0.379 e. The van der Waals surface area contributed by atoms with Gasteiger partial charge in [-0.05, 0) is 67.9 Å². The summed E-state index contributed by atoms with van der Waals surface area (Å²) in [5.74, 6) is 0.769. The molecule has 7 nitrogen and oxygen atoms in total. The molecule has 1 atom stereocenters. The zero-order valence-electron chi connectivity index (χ0n) is 21.5. The van der Waals surface area contributed by atoms with Crippen LogP contribution < -0.4 is 0 Å². The second-order valence-corrected chi connectivity index (χ2v) is 9.85. The average Bonchev–Trinajstić information content (AvgIpc) is 3.31. The number of carbonyl (C=O) groups excluding carboxylic acids is 1. The lowest BCUT2D eigenvalue weighted by atomic mass is 9.90. The Morgan fingerprint density at radius 1 is 1.08 bits per heavy atom. The summed E-state index contributed by atoms with van der Waals surface area (Å²) >= 11 is 0. The monoisotopic (exact) mass is 485 g/mol. The van der Waals surface area contributed by atoms with Gasteiger partial charge in [0.25, 0.3) is 0 Å². The summed E-state index contributed by atoms with van der Waals surface area (Å²) in [7, 11) is 0. The molecule has 3 aromatic rings. The van der Waals surface area contributed by atoms with Gasteiger partial charge in [0.2, 0.25) is 0 Å². The molecule has 1 aliphatic heterocycles. The number of morpholine rings is 1. The van der Waals surface area contributed by atoms with E-state index in [1.807, 2.05) is 31.5 Å². The van der Waals surface area contributed by atoms with Crippen LogP contribution in [0, 0.1) is 13.8 Å². The maximum atomic E-state index is 13.1. The third-order valence-corrected chi connectivity index (χ3v) is 7.49. The number of allylic oxidation sites excluding steroid dienone is 1. The van der Waals surface area contributed by atoms with Gasteiger partial charge in [-0.1, -0.05) is 25.1 Å². The second kappa shape index (κ2) is 10.8. The molecule has 188 valence electrons. The highest BCUT2D eigenvalue weighted by atomic mass is 16.5. The minimum atomic E-state index is 0.0445. The van der Waals surface area contributed by atoms with Gasteiger partial charge in [-0.25, -0.2) is 9.67 Å². The molecule has 2 aliphatic rings. The Morgan fingerprint density at radius 3 is 2.56 bits per heavy atom. The van der Waals surface area contributed by atoms with Crippen LogP contribution in [0.25, 0.3) is 11.4 Å². The van der Waals surface area contributed by atoms with E-state index < -0.39 is 0 Å². The zero-order valence-corrected chi connectivity index (χ0v) is 21.5. The van der Waals surface area contributed by atoms with Gasteiger partial charge < -0.3 is 4.74 Å². The first-order valence-corrected chi connectivity index (χ1v) is 13.0. The Kier molecular flexibility index (Phi) is 7.39. The fourth-order valence-corrected chi connectivity index (χ4v) is 5.32. The summed E-state index contributed by atoms with van der Waals surface area (Å²) in [6.45, 7) is 9.88. The topological polar surface area (TPSA) is 73.1 Å². The molecule has 5 rings (SSSR count). The molecule has 36 heavy (non-hydrogen) atoms. The van der Waals surface area contributed by atoms with Gasteiger partial charge >= 0.3 is 0 Å². The van der Waals surface area contributed by atoms with Crippen LogP contribution in [0.1, 0.15) is 64.6 Å². The summed E-state index contributed by atoms with van der Waals surface area (Å²) in [4.78, 5) is 25.0. The third-order valence-electron chi connectivity index (χ3n) is 7.49. The number of aryl methyl sites for hydroxylation is 2. The minimum Gasteiger partial charge on any atom is -0.379 e. The first-order valence-electron chi connectivity index (χ1n) is 13.0. The van der Waals surface area contributed by atoms with Crippen LogP contribution >= 0.6 is 0 Å². The van der Waals surface area contributed by atoms with E-state index >= 15 is 0 Å². The quantitative estimate of drug-likeness (QED) is 0.458. The normalized spacial score (nSPS) is 18.8. The molecule has 0 bridgehead atoms. The summed E-state index contributed by atoms with van der Waals surface area (Å²) < 4.78 is 7.24. The van der Waals surface area contributed by atoms with Crippen LogP contribution in [0.15, 0.2) is 42.9 Å². The Balaban J connectivity index is 1.25. The van der Waals surface area contributed by atoms with Crippen LogP contribution in [0.3, 0.4) is 0 Å². The number of carbonyl (C=O) groups is 1. The molecule has 0 aromatic carbocycles. The van der Waals surface area contributed by atoms with Gasteiger partial charge in [-0.2, -0.15) is 5.10 Å². The van der Waals surface area contributed by atoms with E-state index in [2.05, 4.69) is 41.0 Å². The number of nitrogens with zero attached hydrogens (tertiary/aromatic N) is 5. The SMILES string of the molecule is CCc1ccc(-n2ncc(C(=O)Cc3cnc(C4=CCC(N5CCOCC5)CC4)c(C)c3)c2C)nc1. The number of hydrogen-bond acceptors (Lipinski definition) is 6. The van der Waals surface area contributed by atoms with Gasteiger partial charge in [0.05, 0.1) is 36.4 Å². The number of Topliss-reactive ketones (excluding diaryl/α,β-unsaturated/α-hetero) is 1. The van der Waals surface area contributed by atoms with Crippen molar-refractivity contribution in [3.8, 4) is 5.82 Å². The molecule has 1 unspecified atom stereocenters. The van der Waals surface area contributed by atoms with Crippen molar-refractivity contribution in [3.05, 3.63) is 76.5 Å². The highest BCUT2D eigenvalue weighted by Gasteiger charge is 2.24. The van der Waals surface area contributed by atoms with Gasteiger partial charge in [-0.15, -0.1) is 0 Å². The molecular formula is C29H35N5O2. The van der Waals surface area contributed by atoms with Crippen molar-refractivity contribution in [2.45, 2.75) is 58.9 Å². The summed E-state index contributed by atoms with van der Waals surface area (Å²) in [6.07, 6.45) is 12.2. The molecule has 7 heteroatoms. The number of ketones is 1. The predicted molar refractivity (Wildman–Crippen MR) is 140 cm³/mol. The second-order valence-electron chi connectivity index (χ2n) is 9.85. The van der Waals surface area contributed by atoms with Gasteiger partial charge in [0.15, 0.2) is 11.6 Å². The number of pyridine rings is 2. The van der Waals surface area contributed by atoms with Gasteiger partial charge in [-0.3, -0.25) is 14.7 Å². The Bertz CT molecular complexity index is 1260. The molecule has 1 aliphatic carbocycles. The van der Waals surface area contributed by atoms with Crippen molar-refractivity contribution in [2.75, 3.05) is 26.3 Å². The smallest absolute Gasteiger partial charge is 0.170 e. The maximum absolute atomic E-state index is 13.1. The zero-order chi connectivity index (χ0) is 25.1. The van der Waals surface area contributed by atoms with Gasteiger partial charge in [0, 0.05) is 37.9 Å². The number of rotatable bonds is 7. The van der Waals surface area contributed by atoms with Crippen LogP contribution in [-0.2, 0) is 17.6 Å². The Morgan fingerprint density at radius 2 is 1.89 bits per heavy atom. The predicted octanol–water partition coefficient (Wildman–Crippen LogP) is 4.54. The van der Waals surface area contributed by atoms with E-state index in [-0.39, 0.29) is 5.78 Å². The molecule has 3 aromatic heterocycles. The van der Waals surface area contributed by atoms with E-state index in [1.165, 1.54) is 11.1 Å². The highest BCUT2D eigenvalue weighted by molar-refractivity contribution is 5.98. The van der Waals surface area contributed by atoms with E-state index in [1.54, 1.807) is 10.9 Å². The molecule has 1 fully saturated rings. The van der Waals surface area contributed by atoms with Crippen LogP contribution in [0.5, 0.6) is 0 Å². The fourth-order valence-electron chi connectivity index (χ4n) is 5.32. The van der Waals surface area contributed by atoms with Crippen molar-refractivity contribution in [2.24, 2.45) is 0 Å². The van der Waals surface area contributed by atoms with E-state index in [4.69, 9.17) is 9.72 Å². The van der Waals surface area contributed by atoms with Crippen molar-refractivity contribution in [1.29, 1.82) is 0 Å². The Hall–Kier alpha value is -3.16. The highest BCUT2D eigenvalue weighted by Crippen LogP contribution is 2.30. The first-order chi connectivity index (χ1) is 17.5. The van der Waals surface area contributed by atoms with Crippen LogP contribution in [0.2, 0.25) is 0 Å². The fraction of sp³-hybridized carbons (Fsp3) is 0.448. The lowest BCUT2D eigenvalue weighted by Crippen LogP contribution is -2.43. The molecule has 0 spiro atoms. The number of ether oxygens (including phenoxy) is 1. The lowest BCUT2D eigenvalue weighted by molar-refractivity contribution is 0.0150. The van der Waals surface area contributed by atoms with Crippen LogP contribution in [0.4, 0.5) is 0 Å². The van der Waals surface area contributed by atoms with Crippen molar-refractivity contribution in [3.63, 3.8) is 0 Å². The number of aromatic nitrogens is 4. The van der Waals surface area contributed by atoms with Crippen molar-refractivity contribution < 1.29 is 9.53 Å². The number of hydrogen-bond donors (Lipinski definition) is 0. The van der Waals surface area contributed by atoms with Crippen molar-refractivity contribution in [1.82, 2.24) is 24.6 Å². The molecule has 0 saturated carbocycles. The maximum Gasteiger partial charge on any atom is 0.170 e. The molecular weight excluding hydrogens is 450 g/mol. The summed E-state index contributed by atoms with van der Waals surface area (Å²) in [6, 6.07) is 6.71. The molecule has 0 amide bonds. The average molecular weight is 486 g/mol. The van der Waals surface area contributed by atoms with Gasteiger partial charge in [0.1, 0.15) is 0 Å². The molecule has 4 heterocycles. The summed E-state index contributed by atoms with van der Waals surface area (Å²) in [5, 5.41) is 4.44. The first kappa shape index (κ1) is 24.5. The third kappa shape index (κ3) is 5.18. The van der Waals surface area contributed by atoms with E-state index in [9.17, 15) is 4.79 Å². The van der Waals surface area contributed by atoms with E-state index in [0.717, 1.165) is 80.3 Å². The molecule has 0 radical (unpaired) electrons. The molecule has 1 saturated heterocycles. The standard InChI is InChI=1S/C29H35N5O2/c1-4-22-5-10-28(30-17-22)34-21(3)26(19-32-34)27(35)16-23-15-20(2)29(31-18-23)24-6-8-25(9-7-24)33-11-13-36-14-12-33/h5-6,10,15,17-19,25H,4,7-9,11-14,16H2,1-3H3. The minimum absolute atomic E-state index is 0.0445. The Labute approximate surface area is 213 Å². The van der Waals surface area contributed by atoms with Crippen LogP contribution in [-0.4, -0.2) is 62.8 Å².